The molecule has 164 valence electrons. The molecule has 1 fully saturated rings. The zero-order valence-corrected chi connectivity index (χ0v) is 18.3. The quantitative estimate of drug-likeness (QED) is 0.377. The fourth-order valence-electron chi connectivity index (χ4n) is 5.65. The molecule has 3 aliphatic rings. The van der Waals surface area contributed by atoms with Crippen molar-refractivity contribution in [1.29, 1.82) is 0 Å². The Balaban J connectivity index is 1.30. The van der Waals surface area contributed by atoms with Crippen molar-refractivity contribution in [1.82, 2.24) is 10.2 Å². The van der Waals surface area contributed by atoms with Gasteiger partial charge in [0, 0.05) is 5.56 Å². The van der Waals surface area contributed by atoms with Crippen LogP contribution >= 0.6 is 0 Å². The highest BCUT2D eigenvalue weighted by molar-refractivity contribution is 6.11. The average molecular weight is 437 g/mol. The number of hydrogen-bond donors (Lipinski definition) is 1. The van der Waals surface area contributed by atoms with E-state index in [1.165, 1.54) is 11.1 Å². The number of carbonyl (C=O) groups is 3. The van der Waals surface area contributed by atoms with Crippen LogP contribution in [-0.2, 0) is 23.2 Å². The van der Waals surface area contributed by atoms with E-state index in [1.54, 1.807) is 0 Å². The zero-order chi connectivity index (χ0) is 22.6. The minimum Gasteiger partial charge on any atom is -0.319 e. The van der Waals surface area contributed by atoms with E-state index in [4.69, 9.17) is 0 Å². The van der Waals surface area contributed by atoms with Gasteiger partial charge in [-0.3, -0.25) is 14.5 Å². The number of nitrogens with zero attached hydrogens (tertiary/aromatic N) is 1. The molecule has 2 aliphatic carbocycles. The molecular formula is C28H24N2O3. The van der Waals surface area contributed by atoms with Crippen molar-refractivity contribution in [3.8, 4) is 11.1 Å². The molecule has 5 nitrogen and oxygen atoms in total. The molecule has 6 rings (SSSR count). The number of aryl methyl sites for hydroxylation is 1. The Morgan fingerprint density at radius 3 is 2.52 bits per heavy atom. The van der Waals surface area contributed by atoms with Crippen molar-refractivity contribution in [2.75, 3.05) is 6.54 Å². The summed E-state index contributed by atoms with van der Waals surface area (Å²) in [7, 11) is 0. The molecular weight excluding hydrogens is 412 g/mol. The predicted molar refractivity (Wildman–Crippen MR) is 125 cm³/mol. The summed E-state index contributed by atoms with van der Waals surface area (Å²) >= 11 is 0. The first kappa shape index (κ1) is 19.9. The molecule has 33 heavy (non-hydrogen) atoms. The molecule has 0 saturated carbocycles. The van der Waals surface area contributed by atoms with Crippen LogP contribution in [-0.4, -0.2) is 29.2 Å². The number of carbonyl (C=O) groups excluding carboxylic acids is 3. The van der Waals surface area contributed by atoms with Gasteiger partial charge in [-0.15, -0.1) is 0 Å². The second-order valence-electron chi connectivity index (χ2n) is 9.22. The summed E-state index contributed by atoms with van der Waals surface area (Å²) in [5, 5.41) is 2.96. The highest BCUT2D eigenvalue weighted by Gasteiger charge is 2.53. The third-order valence-corrected chi connectivity index (χ3v) is 7.32. The monoisotopic (exact) mass is 436 g/mol. The Bertz CT molecular complexity index is 1330. The maximum absolute atomic E-state index is 13.6. The highest BCUT2D eigenvalue weighted by Crippen LogP contribution is 2.40. The van der Waals surface area contributed by atoms with Crippen molar-refractivity contribution >= 4 is 17.7 Å². The second-order valence-corrected chi connectivity index (χ2v) is 9.22. The number of benzene rings is 3. The van der Waals surface area contributed by atoms with Crippen molar-refractivity contribution in [2.24, 2.45) is 0 Å². The molecule has 1 heterocycles. The first-order valence-electron chi connectivity index (χ1n) is 11.5. The third-order valence-electron chi connectivity index (χ3n) is 7.32. The number of hydrogen-bond acceptors (Lipinski definition) is 3. The molecule has 1 N–H and O–H groups in total. The lowest BCUT2D eigenvalue weighted by Crippen LogP contribution is -2.44. The molecule has 0 radical (unpaired) electrons. The summed E-state index contributed by atoms with van der Waals surface area (Å²) in [5.41, 5.74) is 6.06. The number of imide groups is 1. The summed E-state index contributed by atoms with van der Waals surface area (Å²) in [6.07, 6.45) is 4.10. The molecule has 0 bridgehead atoms. The fourth-order valence-corrected chi connectivity index (χ4v) is 5.65. The van der Waals surface area contributed by atoms with Gasteiger partial charge in [0.2, 0.25) is 0 Å². The van der Waals surface area contributed by atoms with Crippen LogP contribution in [0.25, 0.3) is 11.1 Å². The van der Waals surface area contributed by atoms with Crippen LogP contribution in [0.3, 0.4) is 0 Å². The first-order valence-corrected chi connectivity index (χ1v) is 11.5. The second kappa shape index (κ2) is 7.41. The summed E-state index contributed by atoms with van der Waals surface area (Å²) in [6, 6.07) is 21.2. The van der Waals surface area contributed by atoms with E-state index in [0.717, 1.165) is 52.8 Å². The molecule has 3 aromatic carbocycles. The van der Waals surface area contributed by atoms with Crippen molar-refractivity contribution in [3.63, 3.8) is 0 Å². The van der Waals surface area contributed by atoms with Gasteiger partial charge in [-0.1, -0.05) is 60.7 Å². The zero-order valence-electron chi connectivity index (χ0n) is 18.3. The molecule has 1 saturated heterocycles. The number of fused-ring (bicyclic) bond motifs is 5. The van der Waals surface area contributed by atoms with Gasteiger partial charge in [0.1, 0.15) is 5.54 Å². The maximum Gasteiger partial charge on any atom is 0.325 e. The van der Waals surface area contributed by atoms with Crippen molar-refractivity contribution < 1.29 is 14.4 Å². The number of Topliss-reactive ketones (excluding diaryl/α,β-unsaturated/α-hetero) is 1. The number of ketones is 1. The van der Waals surface area contributed by atoms with Gasteiger partial charge in [-0.2, -0.15) is 0 Å². The lowest BCUT2D eigenvalue weighted by molar-refractivity contribution is -0.131. The number of urea groups is 1. The van der Waals surface area contributed by atoms with Gasteiger partial charge in [0.05, 0.1) is 6.54 Å². The minimum absolute atomic E-state index is 0.232. The fraction of sp³-hybridized carbons (Fsp3) is 0.250. The molecule has 5 heteroatoms. The number of nitrogens with one attached hydrogen (secondary N) is 1. The van der Waals surface area contributed by atoms with Crippen LogP contribution < -0.4 is 5.32 Å². The summed E-state index contributed by atoms with van der Waals surface area (Å²) in [4.78, 5) is 40.9. The Morgan fingerprint density at radius 2 is 1.64 bits per heavy atom. The summed E-state index contributed by atoms with van der Waals surface area (Å²) < 4.78 is 0. The van der Waals surface area contributed by atoms with Gasteiger partial charge in [-0.05, 0) is 71.6 Å². The van der Waals surface area contributed by atoms with Crippen LogP contribution in [0.4, 0.5) is 4.79 Å². The molecule has 0 unspecified atom stereocenters. The van der Waals surface area contributed by atoms with Crippen molar-refractivity contribution in [2.45, 2.75) is 37.6 Å². The van der Waals surface area contributed by atoms with Gasteiger partial charge in [0.15, 0.2) is 5.78 Å². The Labute approximate surface area is 192 Å². The van der Waals surface area contributed by atoms with Crippen LogP contribution in [0.2, 0.25) is 0 Å². The Hall–Kier alpha value is -3.73. The van der Waals surface area contributed by atoms with Crippen molar-refractivity contribution in [3.05, 3.63) is 94.5 Å². The van der Waals surface area contributed by atoms with Gasteiger partial charge >= 0.3 is 6.03 Å². The van der Waals surface area contributed by atoms with Crippen LogP contribution in [0.1, 0.15) is 51.9 Å². The van der Waals surface area contributed by atoms with Crippen LogP contribution in [0, 0.1) is 0 Å². The van der Waals surface area contributed by atoms with E-state index in [-0.39, 0.29) is 18.2 Å². The Morgan fingerprint density at radius 1 is 0.879 bits per heavy atom. The van der Waals surface area contributed by atoms with Crippen LogP contribution in [0.15, 0.2) is 66.7 Å². The highest BCUT2D eigenvalue weighted by atomic mass is 16.2. The normalized spacial score (nSPS) is 20.8. The van der Waals surface area contributed by atoms with E-state index < -0.39 is 11.6 Å². The topological polar surface area (TPSA) is 66.5 Å². The first-order chi connectivity index (χ1) is 16.1. The molecule has 1 spiro atoms. The summed E-state index contributed by atoms with van der Waals surface area (Å²) in [6.45, 7) is -0.255. The largest absolute Gasteiger partial charge is 0.325 e. The molecule has 1 aliphatic heterocycles. The van der Waals surface area contributed by atoms with E-state index in [1.807, 2.05) is 54.6 Å². The smallest absolute Gasteiger partial charge is 0.319 e. The molecule has 3 amide bonds. The number of rotatable bonds is 3. The Kier molecular flexibility index (Phi) is 4.47. The minimum atomic E-state index is -1.07. The third kappa shape index (κ3) is 3.03. The number of amides is 3. The van der Waals surface area contributed by atoms with E-state index >= 15 is 0 Å². The lowest BCUT2D eigenvalue weighted by Gasteiger charge is -2.27. The van der Waals surface area contributed by atoms with E-state index in [9.17, 15) is 14.4 Å². The van der Waals surface area contributed by atoms with E-state index in [0.29, 0.717) is 12.0 Å². The maximum atomic E-state index is 13.6. The lowest BCUT2D eigenvalue weighted by atomic mass is 9.84. The van der Waals surface area contributed by atoms with Gasteiger partial charge < -0.3 is 5.32 Å². The van der Waals surface area contributed by atoms with Crippen LogP contribution in [0.5, 0.6) is 0 Å². The standard InChI is InChI=1S/C28H24N2O3/c31-25(21-13-12-20-15-19-9-1-3-10-22(19)23(20)16-21)17-30-26(32)28(29-27(30)33)14-6-5-8-18-7-2-4-11-24(18)28/h1-4,7,9-13,16H,5-6,8,14-15,17H2,(H,29,33)/t28-/m0/s1. The predicted octanol–water partition coefficient (Wildman–Crippen LogP) is 4.61. The van der Waals surface area contributed by atoms with Gasteiger partial charge in [-0.25, -0.2) is 4.79 Å². The summed E-state index contributed by atoms with van der Waals surface area (Å²) in [5.74, 6) is -0.550. The van der Waals surface area contributed by atoms with Gasteiger partial charge in [0.25, 0.3) is 5.91 Å². The SMILES string of the molecule is O=C(CN1C(=O)N[C@]2(CCCCc3ccccc32)C1=O)c1ccc2c(c1)-c1ccccc1C2. The molecule has 3 aromatic rings. The molecule has 0 aromatic heterocycles. The average Bonchev–Trinajstić information content (AvgIpc) is 3.24. The van der Waals surface area contributed by atoms with E-state index in [2.05, 4.69) is 17.4 Å². The molecule has 1 atom stereocenters.